The summed E-state index contributed by atoms with van der Waals surface area (Å²) in [5, 5.41) is -0.00373. The standard InChI is InChI=1S/C20H17F3N2O2S/c1-13-6-3-4-7-14(13)12-28-19-24-17(20(21,22)23)11-18(25-19)27-16-9-5-8-15(10-16)26-2/h3-11H,12H2,1-2H3. The van der Waals surface area contributed by atoms with E-state index in [9.17, 15) is 13.2 Å². The topological polar surface area (TPSA) is 44.2 Å². The molecule has 3 aromatic rings. The number of aromatic nitrogens is 2. The Bertz CT molecular complexity index is 964. The third-order valence-corrected chi connectivity index (χ3v) is 4.75. The Hall–Kier alpha value is -2.74. The molecule has 3 rings (SSSR count). The summed E-state index contributed by atoms with van der Waals surface area (Å²) < 4.78 is 50.4. The van der Waals surface area contributed by atoms with Crippen molar-refractivity contribution in [3.8, 4) is 17.4 Å². The molecule has 1 aromatic heterocycles. The Morgan fingerprint density at radius 2 is 1.71 bits per heavy atom. The summed E-state index contributed by atoms with van der Waals surface area (Å²) in [6, 6.07) is 15.0. The molecule has 0 unspecified atom stereocenters. The SMILES string of the molecule is COc1cccc(Oc2cc(C(F)(F)F)nc(SCc3ccccc3C)n2)c1. The molecule has 146 valence electrons. The van der Waals surface area contributed by atoms with Gasteiger partial charge in [-0.15, -0.1) is 0 Å². The molecule has 0 fully saturated rings. The van der Waals surface area contributed by atoms with Gasteiger partial charge in [-0.3, -0.25) is 0 Å². The zero-order chi connectivity index (χ0) is 20.1. The number of hydrogen-bond donors (Lipinski definition) is 0. The summed E-state index contributed by atoms with van der Waals surface area (Å²) in [5.74, 6) is 1.12. The number of benzene rings is 2. The Labute approximate surface area is 164 Å². The third-order valence-electron chi connectivity index (χ3n) is 3.85. The predicted octanol–water partition coefficient (Wildman–Crippen LogP) is 5.90. The molecule has 0 saturated heterocycles. The van der Waals surface area contributed by atoms with Crippen LogP contribution in [0.25, 0.3) is 0 Å². The van der Waals surface area contributed by atoms with E-state index in [-0.39, 0.29) is 11.0 Å². The van der Waals surface area contributed by atoms with E-state index < -0.39 is 11.9 Å². The molecule has 8 heteroatoms. The number of ether oxygens (including phenoxy) is 2. The van der Waals surface area contributed by atoms with Crippen molar-refractivity contribution in [1.82, 2.24) is 9.97 Å². The Kier molecular flexibility index (Phi) is 6.08. The maximum atomic E-state index is 13.3. The average Bonchev–Trinajstić information content (AvgIpc) is 2.67. The molecule has 0 saturated carbocycles. The molecule has 4 nitrogen and oxygen atoms in total. The first-order valence-corrected chi connectivity index (χ1v) is 9.29. The minimum absolute atomic E-state index is 0.00373. The highest BCUT2D eigenvalue weighted by molar-refractivity contribution is 7.98. The lowest BCUT2D eigenvalue weighted by atomic mass is 10.1. The molecule has 0 radical (unpaired) electrons. The van der Waals surface area contributed by atoms with Crippen molar-refractivity contribution in [2.45, 2.75) is 24.0 Å². The van der Waals surface area contributed by atoms with Crippen LogP contribution in [0.4, 0.5) is 13.2 Å². The molecule has 1 heterocycles. The van der Waals surface area contributed by atoms with Crippen molar-refractivity contribution in [2.24, 2.45) is 0 Å². The largest absolute Gasteiger partial charge is 0.497 e. The maximum absolute atomic E-state index is 13.3. The Morgan fingerprint density at radius 3 is 2.43 bits per heavy atom. The summed E-state index contributed by atoms with van der Waals surface area (Å²) in [4.78, 5) is 7.78. The van der Waals surface area contributed by atoms with Crippen LogP contribution in [0.2, 0.25) is 0 Å². The fraction of sp³-hybridized carbons (Fsp3) is 0.200. The first-order chi connectivity index (χ1) is 13.3. The van der Waals surface area contributed by atoms with Crippen LogP contribution in [0.5, 0.6) is 17.4 Å². The van der Waals surface area contributed by atoms with Crippen LogP contribution in [0.15, 0.2) is 59.8 Å². The first-order valence-electron chi connectivity index (χ1n) is 8.30. The van der Waals surface area contributed by atoms with Gasteiger partial charge >= 0.3 is 6.18 Å². The van der Waals surface area contributed by atoms with Crippen molar-refractivity contribution in [3.05, 3.63) is 71.4 Å². The molecule has 0 aliphatic rings. The molecule has 0 N–H and O–H groups in total. The van der Waals surface area contributed by atoms with Gasteiger partial charge in [-0.05, 0) is 30.2 Å². The van der Waals surface area contributed by atoms with Crippen LogP contribution in [0.1, 0.15) is 16.8 Å². The van der Waals surface area contributed by atoms with E-state index in [1.54, 1.807) is 24.3 Å². The van der Waals surface area contributed by atoms with E-state index in [1.807, 2.05) is 31.2 Å². The zero-order valence-electron chi connectivity index (χ0n) is 15.2. The van der Waals surface area contributed by atoms with Gasteiger partial charge in [-0.1, -0.05) is 42.1 Å². The highest BCUT2D eigenvalue weighted by Crippen LogP contribution is 2.33. The van der Waals surface area contributed by atoms with Crippen LogP contribution >= 0.6 is 11.8 Å². The van der Waals surface area contributed by atoms with Gasteiger partial charge in [-0.25, -0.2) is 4.98 Å². The van der Waals surface area contributed by atoms with Gasteiger partial charge in [0.2, 0.25) is 5.88 Å². The van der Waals surface area contributed by atoms with Crippen molar-refractivity contribution in [1.29, 1.82) is 0 Å². The third kappa shape index (κ3) is 5.16. The molecular formula is C20H17F3N2O2S. The summed E-state index contributed by atoms with van der Waals surface area (Å²) >= 11 is 1.12. The second-order valence-corrected chi connectivity index (χ2v) is 6.81. The van der Waals surface area contributed by atoms with Gasteiger partial charge in [0.15, 0.2) is 10.9 Å². The molecule has 2 aromatic carbocycles. The average molecular weight is 406 g/mol. The lowest BCUT2D eigenvalue weighted by Crippen LogP contribution is -2.10. The van der Waals surface area contributed by atoms with Crippen molar-refractivity contribution < 1.29 is 22.6 Å². The highest BCUT2D eigenvalue weighted by Gasteiger charge is 2.34. The molecular weight excluding hydrogens is 389 g/mol. The Balaban J connectivity index is 1.87. The molecule has 0 aliphatic heterocycles. The monoisotopic (exact) mass is 406 g/mol. The minimum Gasteiger partial charge on any atom is -0.497 e. The van der Waals surface area contributed by atoms with E-state index in [2.05, 4.69) is 9.97 Å². The van der Waals surface area contributed by atoms with Crippen LogP contribution < -0.4 is 9.47 Å². The highest BCUT2D eigenvalue weighted by atomic mass is 32.2. The summed E-state index contributed by atoms with van der Waals surface area (Å²) in [7, 11) is 1.49. The summed E-state index contributed by atoms with van der Waals surface area (Å²) in [6.07, 6.45) is -4.60. The number of rotatable bonds is 6. The number of hydrogen-bond acceptors (Lipinski definition) is 5. The van der Waals surface area contributed by atoms with Crippen LogP contribution in [-0.2, 0) is 11.9 Å². The molecule has 0 bridgehead atoms. The lowest BCUT2D eigenvalue weighted by Gasteiger charge is -2.12. The van der Waals surface area contributed by atoms with Gasteiger partial charge in [0.1, 0.15) is 11.5 Å². The normalized spacial score (nSPS) is 11.3. The van der Waals surface area contributed by atoms with E-state index in [4.69, 9.17) is 9.47 Å². The predicted molar refractivity (Wildman–Crippen MR) is 101 cm³/mol. The van der Waals surface area contributed by atoms with Gasteiger partial charge in [0, 0.05) is 17.9 Å². The number of nitrogens with zero attached hydrogens (tertiary/aromatic N) is 2. The molecule has 28 heavy (non-hydrogen) atoms. The van der Waals surface area contributed by atoms with Gasteiger partial charge in [-0.2, -0.15) is 18.2 Å². The molecule has 0 spiro atoms. The zero-order valence-corrected chi connectivity index (χ0v) is 16.0. The van der Waals surface area contributed by atoms with E-state index >= 15 is 0 Å². The second-order valence-electron chi connectivity index (χ2n) is 5.87. The van der Waals surface area contributed by atoms with Crippen LogP contribution in [0.3, 0.4) is 0 Å². The second kappa shape index (κ2) is 8.52. The maximum Gasteiger partial charge on any atom is 0.433 e. The number of aryl methyl sites for hydroxylation is 1. The van der Waals surface area contributed by atoms with Crippen LogP contribution in [-0.4, -0.2) is 17.1 Å². The van der Waals surface area contributed by atoms with E-state index in [0.29, 0.717) is 17.3 Å². The molecule has 0 amide bonds. The minimum atomic E-state index is -4.60. The van der Waals surface area contributed by atoms with Crippen LogP contribution in [0, 0.1) is 6.92 Å². The number of thioether (sulfide) groups is 1. The van der Waals surface area contributed by atoms with Crippen molar-refractivity contribution in [3.63, 3.8) is 0 Å². The Morgan fingerprint density at radius 1 is 0.964 bits per heavy atom. The fourth-order valence-corrected chi connectivity index (χ4v) is 3.29. The fourth-order valence-electron chi connectivity index (χ4n) is 2.37. The summed E-state index contributed by atoms with van der Waals surface area (Å²) in [6.45, 7) is 1.94. The number of methoxy groups -OCH3 is 1. The molecule has 0 atom stereocenters. The smallest absolute Gasteiger partial charge is 0.433 e. The van der Waals surface area contributed by atoms with Crippen molar-refractivity contribution in [2.75, 3.05) is 7.11 Å². The quantitative estimate of drug-likeness (QED) is 0.377. The van der Waals surface area contributed by atoms with E-state index in [1.165, 1.54) is 7.11 Å². The summed E-state index contributed by atoms with van der Waals surface area (Å²) in [5.41, 5.74) is 1.01. The lowest BCUT2D eigenvalue weighted by molar-refractivity contribution is -0.141. The number of alkyl halides is 3. The number of halogens is 3. The van der Waals surface area contributed by atoms with Gasteiger partial charge in [0.05, 0.1) is 7.11 Å². The molecule has 0 aliphatic carbocycles. The first kappa shape index (κ1) is 20.0. The van der Waals surface area contributed by atoms with Gasteiger partial charge in [0.25, 0.3) is 0 Å². The van der Waals surface area contributed by atoms with Gasteiger partial charge < -0.3 is 9.47 Å². The van der Waals surface area contributed by atoms with E-state index in [0.717, 1.165) is 29.0 Å². The van der Waals surface area contributed by atoms with Crippen molar-refractivity contribution >= 4 is 11.8 Å².